The summed E-state index contributed by atoms with van der Waals surface area (Å²) >= 11 is 1.93. The summed E-state index contributed by atoms with van der Waals surface area (Å²) in [5.74, 6) is 1.05. The normalized spacial score (nSPS) is 19.6. The van der Waals surface area contributed by atoms with Crippen LogP contribution < -0.4 is 5.32 Å². The van der Waals surface area contributed by atoms with Gasteiger partial charge in [0, 0.05) is 10.6 Å². The minimum Gasteiger partial charge on any atom is -0.379 e. The molecule has 0 spiro atoms. The first-order valence-corrected chi connectivity index (χ1v) is 4.58. The van der Waals surface area contributed by atoms with Gasteiger partial charge in [0.15, 0.2) is 0 Å². The molecule has 0 amide bonds. The van der Waals surface area contributed by atoms with E-state index in [0.717, 1.165) is 5.88 Å². The number of hydrogen-bond donors (Lipinski definition) is 1. The molecule has 0 atom stereocenters. The zero-order chi connectivity index (χ0) is 7.78. The SMILES string of the molecule is CC1=C(C(C)(C)C)SCN1. The number of thioether (sulfide) groups is 1. The lowest BCUT2D eigenvalue weighted by Gasteiger charge is -2.19. The topological polar surface area (TPSA) is 12.0 Å². The summed E-state index contributed by atoms with van der Waals surface area (Å²) < 4.78 is 0. The van der Waals surface area contributed by atoms with Crippen LogP contribution >= 0.6 is 11.8 Å². The van der Waals surface area contributed by atoms with Crippen LogP contribution in [0.2, 0.25) is 0 Å². The van der Waals surface area contributed by atoms with Gasteiger partial charge in [-0.1, -0.05) is 20.8 Å². The molecule has 1 heterocycles. The highest BCUT2D eigenvalue weighted by Crippen LogP contribution is 2.38. The van der Waals surface area contributed by atoms with Gasteiger partial charge in [-0.25, -0.2) is 0 Å². The van der Waals surface area contributed by atoms with Crippen LogP contribution in [0.5, 0.6) is 0 Å². The highest BCUT2D eigenvalue weighted by Gasteiger charge is 2.23. The van der Waals surface area contributed by atoms with E-state index < -0.39 is 0 Å². The van der Waals surface area contributed by atoms with E-state index in [1.807, 2.05) is 11.8 Å². The maximum Gasteiger partial charge on any atom is 0.0652 e. The van der Waals surface area contributed by atoms with Crippen molar-refractivity contribution in [2.45, 2.75) is 27.7 Å². The average molecular weight is 157 g/mol. The van der Waals surface area contributed by atoms with Gasteiger partial charge in [-0.05, 0) is 12.3 Å². The second kappa shape index (κ2) is 2.50. The third kappa shape index (κ3) is 1.48. The fourth-order valence-electron chi connectivity index (χ4n) is 1.18. The summed E-state index contributed by atoms with van der Waals surface area (Å²) in [7, 11) is 0. The molecule has 0 saturated carbocycles. The molecule has 1 rings (SSSR count). The van der Waals surface area contributed by atoms with E-state index in [1.54, 1.807) is 0 Å². The lowest BCUT2D eigenvalue weighted by Crippen LogP contribution is -2.08. The van der Waals surface area contributed by atoms with Crippen molar-refractivity contribution >= 4 is 11.8 Å². The molecule has 0 bridgehead atoms. The van der Waals surface area contributed by atoms with E-state index in [2.05, 4.69) is 33.0 Å². The lowest BCUT2D eigenvalue weighted by molar-refractivity contribution is 0.528. The fourth-order valence-corrected chi connectivity index (χ4v) is 2.34. The number of hydrogen-bond acceptors (Lipinski definition) is 2. The predicted molar refractivity (Wildman–Crippen MR) is 47.7 cm³/mol. The Morgan fingerprint density at radius 2 is 2.00 bits per heavy atom. The standard InChI is InChI=1S/C8H15NS/c1-6-7(8(2,3)4)10-5-9-6/h9H,5H2,1-4H3. The van der Waals surface area contributed by atoms with Gasteiger partial charge in [-0.2, -0.15) is 0 Å². The first-order valence-electron chi connectivity index (χ1n) is 3.60. The van der Waals surface area contributed by atoms with E-state index in [1.165, 1.54) is 10.6 Å². The maximum atomic E-state index is 3.32. The Labute approximate surface area is 67.3 Å². The molecule has 0 radical (unpaired) electrons. The van der Waals surface area contributed by atoms with Crippen LogP contribution in [0, 0.1) is 5.41 Å². The highest BCUT2D eigenvalue weighted by atomic mass is 32.2. The van der Waals surface area contributed by atoms with Crippen molar-refractivity contribution < 1.29 is 0 Å². The van der Waals surface area contributed by atoms with Crippen LogP contribution in [0.3, 0.4) is 0 Å². The number of allylic oxidation sites excluding steroid dienone is 2. The summed E-state index contributed by atoms with van der Waals surface area (Å²) in [5.41, 5.74) is 1.69. The molecule has 10 heavy (non-hydrogen) atoms. The molecular weight excluding hydrogens is 142 g/mol. The van der Waals surface area contributed by atoms with Gasteiger partial charge in [0.1, 0.15) is 0 Å². The van der Waals surface area contributed by atoms with Crippen LogP contribution in [-0.2, 0) is 0 Å². The quantitative estimate of drug-likeness (QED) is 0.580. The Kier molecular flexibility index (Phi) is 1.99. The van der Waals surface area contributed by atoms with Gasteiger partial charge in [0.25, 0.3) is 0 Å². The molecule has 0 aliphatic carbocycles. The third-order valence-electron chi connectivity index (χ3n) is 1.58. The predicted octanol–water partition coefficient (Wildman–Crippen LogP) is 2.56. The van der Waals surface area contributed by atoms with Crippen molar-refractivity contribution in [3.63, 3.8) is 0 Å². The smallest absolute Gasteiger partial charge is 0.0652 e. The molecule has 1 N–H and O–H groups in total. The van der Waals surface area contributed by atoms with Gasteiger partial charge < -0.3 is 5.32 Å². The fraction of sp³-hybridized carbons (Fsp3) is 0.750. The van der Waals surface area contributed by atoms with Crippen molar-refractivity contribution in [1.82, 2.24) is 5.32 Å². The van der Waals surface area contributed by atoms with Gasteiger partial charge >= 0.3 is 0 Å². The summed E-state index contributed by atoms with van der Waals surface area (Å²) in [6.07, 6.45) is 0. The Morgan fingerprint density at radius 3 is 2.20 bits per heavy atom. The summed E-state index contributed by atoms with van der Waals surface area (Å²) in [6.45, 7) is 8.92. The highest BCUT2D eigenvalue weighted by molar-refractivity contribution is 8.03. The van der Waals surface area contributed by atoms with Gasteiger partial charge in [0.05, 0.1) is 5.88 Å². The molecule has 0 unspecified atom stereocenters. The molecule has 2 heteroatoms. The Hall–Kier alpha value is -0.110. The largest absolute Gasteiger partial charge is 0.379 e. The number of rotatable bonds is 0. The van der Waals surface area contributed by atoms with E-state index in [-0.39, 0.29) is 0 Å². The van der Waals surface area contributed by atoms with Crippen molar-refractivity contribution in [3.05, 3.63) is 10.6 Å². The Bertz CT molecular complexity index is 165. The number of nitrogens with one attached hydrogen (secondary N) is 1. The van der Waals surface area contributed by atoms with Crippen molar-refractivity contribution in [3.8, 4) is 0 Å². The van der Waals surface area contributed by atoms with Crippen molar-refractivity contribution in [2.24, 2.45) is 5.41 Å². The minimum atomic E-state index is 0.332. The zero-order valence-corrected chi connectivity index (χ0v) is 7.93. The van der Waals surface area contributed by atoms with Gasteiger partial charge in [-0.3, -0.25) is 0 Å². The second-order valence-electron chi connectivity index (χ2n) is 3.67. The molecule has 0 aromatic carbocycles. The summed E-state index contributed by atoms with van der Waals surface area (Å²) in [5, 5.41) is 3.32. The minimum absolute atomic E-state index is 0.332. The molecule has 0 saturated heterocycles. The van der Waals surface area contributed by atoms with Crippen LogP contribution in [0.4, 0.5) is 0 Å². The molecule has 1 nitrogen and oxygen atoms in total. The van der Waals surface area contributed by atoms with E-state index in [9.17, 15) is 0 Å². The van der Waals surface area contributed by atoms with E-state index >= 15 is 0 Å². The molecule has 0 aromatic rings. The molecule has 1 aliphatic heterocycles. The van der Waals surface area contributed by atoms with Crippen LogP contribution in [0.1, 0.15) is 27.7 Å². The van der Waals surface area contributed by atoms with Crippen molar-refractivity contribution in [2.75, 3.05) is 5.88 Å². The molecule has 0 aromatic heterocycles. The van der Waals surface area contributed by atoms with Crippen LogP contribution in [0.15, 0.2) is 10.6 Å². The third-order valence-corrected chi connectivity index (χ3v) is 3.07. The van der Waals surface area contributed by atoms with Gasteiger partial charge in [-0.15, -0.1) is 11.8 Å². The monoisotopic (exact) mass is 157 g/mol. The molecule has 0 fully saturated rings. The summed E-state index contributed by atoms with van der Waals surface area (Å²) in [6, 6.07) is 0. The molecular formula is C8H15NS. The van der Waals surface area contributed by atoms with Gasteiger partial charge in [0.2, 0.25) is 0 Å². The van der Waals surface area contributed by atoms with Crippen molar-refractivity contribution in [1.29, 1.82) is 0 Å². The Balaban J connectivity index is 2.81. The van der Waals surface area contributed by atoms with Crippen LogP contribution in [-0.4, -0.2) is 5.88 Å². The van der Waals surface area contributed by atoms with E-state index in [4.69, 9.17) is 0 Å². The zero-order valence-electron chi connectivity index (χ0n) is 7.12. The van der Waals surface area contributed by atoms with Crippen LogP contribution in [0.25, 0.3) is 0 Å². The summed E-state index contributed by atoms with van der Waals surface area (Å²) in [4.78, 5) is 1.51. The lowest BCUT2D eigenvalue weighted by atomic mass is 9.95. The average Bonchev–Trinajstić information content (AvgIpc) is 2.11. The second-order valence-corrected chi connectivity index (χ2v) is 4.66. The first kappa shape index (κ1) is 7.99. The molecule has 58 valence electrons. The van der Waals surface area contributed by atoms with E-state index in [0.29, 0.717) is 5.41 Å². The maximum absolute atomic E-state index is 3.32. The molecule has 1 aliphatic rings. The first-order chi connectivity index (χ1) is 4.52. The Morgan fingerprint density at radius 1 is 1.40 bits per heavy atom.